The minimum Gasteiger partial charge on any atom is -0.457 e. The van der Waals surface area contributed by atoms with Crippen LogP contribution in [0.3, 0.4) is 0 Å². The first kappa shape index (κ1) is 14.9. The molecular weight excluding hydrogens is 270 g/mol. The first-order chi connectivity index (χ1) is 9.69. The predicted molar refractivity (Wildman–Crippen MR) is 84.7 cm³/mol. The summed E-state index contributed by atoms with van der Waals surface area (Å²) in [6.07, 6.45) is 1.14. The molecule has 0 bridgehead atoms. The Hall–Kier alpha value is -1.51. The van der Waals surface area contributed by atoms with Gasteiger partial charge < -0.3 is 10.1 Å². The Morgan fingerprint density at radius 2 is 1.90 bits per heavy atom. The average Bonchev–Trinajstić information content (AvgIpc) is 2.44. The van der Waals surface area contributed by atoms with E-state index in [-0.39, 0.29) is 0 Å². The molecule has 0 unspecified atom stereocenters. The lowest BCUT2D eigenvalue weighted by Gasteiger charge is -2.09. The molecule has 106 valence electrons. The summed E-state index contributed by atoms with van der Waals surface area (Å²) in [6.45, 7) is 6.03. The monoisotopic (exact) mass is 289 g/mol. The third-order valence-corrected chi connectivity index (χ3v) is 3.44. The number of ether oxygens (including phenoxy) is 1. The van der Waals surface area contributed by atoms with Crippen LogP contribution in [-0.4, -0.2) is 6.54 Å². The zero-order valence-electron chi connectivity index (χ0n) is 11.9. The Bertz CT molecular complexity index is 569. The van der Waals surface area contributed by atoms with Crippen molar-refractivity contribution >= 4 is 11.6 Å². The average molecular weight is 290 g/mol. The number of rotatable bonds is 6. The van der Waals surface area contributed by atoms with Crippen LogP contribution in [0.5, 0.6) is 11.5 Å². The summed E-state index contributed by atoms with van der Waals surface area (Å²) in [6, 6.07) is 13.8. The predicted octanol–water partition coefficient (Wildman–Crippen LogP) is 4.94. The van der Waals surface area contributed by atoms with Crippen LogP contribution in [0.1, 0.15) is 24.5 Å². The van der Waals surface area contributed by atoms with Gasteiger partial charge in [0.25, 0.3) is 0 Å². The molecule has 0 aliphatic carbocycles. The summed E-state index contributed by atoms with van der Waals surface area (Å²) in [7, 11) is 0. The maximum atomic E-state index is 6.02. The van der Waals surface area contributed by atoms with Gasteiger partial charge in [0.15, 0.2) is 0 Å². The Labute approximate surface area is 125 Å². The Morgan fingerprint density at radius 1 is 1.10 bits per heavy atom. The quantitative estimate of drug-likeness (QED) is 0.761. The third kappa shape index (κ3) is 4.26. The first-order valence-electron chi connectivity index (χ1n) is 6.92. The van der Waals surface area contributed by atoms with Crippen LogP contribution in [0.25, 0.3) is 0 Å². The van der Waals surface area contributed by atoms with Gasteiger partial charge >= 0.3 is 0 Å². The molecule has 0 saturated carbocycles. The van der Waals surface area contributed by atoms with Crippen LogP contribution in [-0.2, 0) is 6.54 Å². The van der Waals surface area contributed by atoms with E-state index in [4.69, 9.17) is 16.3 Å². The summed E-state index contributed by atoms with van der Waals surface area (Å²) in [5.41, 5.74) is 2.24. The maximum Gasteiger partial charge on any atom is 0.127 e. The molecule has 0 fully saturated rings. The van der Waals surface area contributed by atoms with Crippen LogP contribution in [0, 0.1) is 6.92 Å². The lowest BCUT2D eigenvalue weighted by Crippen LogP contribution is -2.13. The largest absolute Gasteiger partial charge is 0.457 e. The van der Waals surface area contributed by atoms with Gasteiger partial charge in [-0.05, 0) is 61.3 Å². The highest BCUT2D eigenvalue weighted by molar-refractivity contribution is 6.31. The fraction of sp³-hybridized carbons (Fsp3) is 0.294. The second kappa shape index (κ2) is 7.32. The molecular formula is C17H20ClNO. The molecule has 0 amide bonds. The van der Waals surface area contributed by atoms with Crippen molar-refractivity contribution in [2.45, 2.75) is 26.8 Å². The zero-order valence-corrected chi connectivity index (χ0v) is 12.7. The van der Waals surface area contributed by atoms with E-state index in [2.05, 4.69) is 24.4 Å². The molecule has 0 heterocycles. The van der Waals surface area contributed by atoms with Gasteiger partial charge in [0.05, 0.1) is 0 Å². The topological polar surface area (TPSA) is 21.3 Å². The van der Waals surface area contributed by atoms with E-state index < -0.39 is 0 Å². The summed E-state index contributed by atoms with van der Waals surface area (Å²) in [4.78, 5) is 0. The zero-order chi connectivity index (χ0) is 14.4. The van der Waals surface area contributed by atoms with E-state index in [0.717, 1.165) is 41.6 Å². The number of aryl methyl sites for hydroxylation is 1. The lowest BCUT2D eigenvalue weighted by molar-refractivity contribution is 0.481. The van der Waals surface area contributed by atoms with Gasteiger partial charge in [-0.3, -0.25) is 0 Å². The van der Waals surface area contributed by atoms with Gasteiger partial charge in [0, 0.05) is 11.6 Å². The number of benzene rings is 2. The van der Waals surface area contributed by atoms with Gasteiger partial charge in [-0.2, -0.15) is 0 Å². The standard InChI is InChI=1S/C17H20ClNO/c1-3-9-19-12-14-5-4-6-15(11-14)20-16-7-8-17(18)13(2)10-16/h4-8,10-11,19H,3,9,12H2,1-2H3. The van der Waals surface area contributed by atoms with Gasteiger partial charge in [0.1, 0.15) is 11.5 Å². The van der Waals surface area contributed by atoms with E-state index in [9.17, 15) is 0 Å². The lowest BCUT2D eigenvalue weighted by atomic mass is 10.2. The van der Waals surface area contributed by atoms with Crippen LogP contribution < -0.4 is 10.1 Å². The fourth-order valence-corrected chi connectivity index (χ4v) is 2.06. The molecule has 0 aromatic heterocycles. The van der Waals surface area contributed by atoms with Crippen LogP contribution in [0.2, 0.25) is 5.02 Å². The number of halogens is 1. The second-order valence-electron chi connectivity index (χ2n) is 4.84. The Balaban J connectivity index is 2.05. The van der Waals surface area contributed by atoms with Gasteiger partial charge in [-0.15, -0.1) is 0 Å². The van der Waals surface area contributed by atoms with Crippen LogP contribution >= 0.6 is 11.6 Å². The fourth-order valence-electron chi connectivity index (χ4n) is 1.95. The van der Waals surface area contributed by atoms with Crippen molar-refractivity contribution in [3.63, 3.8) is 0 Å². The smallest absolute Gasteiger partial charge is 0.127 e. The van der Waals surface area contributed by atoms with Crippen LogP contribution in [0.4, 0.5) is 0 Å². The van der Waals surface area contributed by atoms with Gasteiger partial charge in [-0.25, -0.2) is 0 Å². The van der Waals surface area contributed by atoms with E-state index in [0.29, 0.717) is 0 Å². The molecule has 2 nitrogen and oxygen atoms in total. The Kier molecular flexibility index (Phi) is 5.45. The number of hydrogen-bond donors (Lipinski definition) is 1. The van der Waals surface area contributed by atoms with Crippen molar-refractivity contribution in [1.82, 2.24) is 5.32 Å². The first-order valence-corrected chi connectivity index (χ1v) is 7.30. The van der Waals surface area contributed by atoms with Crippen molar-refractivity contribution in [1.29, 1.82) is 0 Å². The SMILES string of the molecule is CCCNCc1cccc(Oc2ccc(Cl)c(C)c2)c1. The molecule has 0 radical (unpaired) electrons. The highest BCUT2D eigenvalue weighted by atomic mass is 35.5. The molecule has 0 saturated heterocycles. The van der Waals surface area contributed by atoms with Crippen molar-refractivity contribution in [2.75, 3.05) is 6.54 Å². The van der Waals surface area contributed by atoms with Gasteiger partial charge in [0.2, 0.25) is 0 Å². The van der Waals surface area contributed by atoms with Crippen molar-refractivity contribution in [3.8, 4) is 11.5 Å². The van der Waals surface area contributed by atoms with Crippen molar-refractivity contribution in [2.24, 2.45) is 0 Å². The Morgan fingerprint density at radius 3 is 2.65 bits per heavy atom. The molecule has 0 aliphatic heterocycles. The molecule has 0 atom stereocenters. The van der Waals surface area contributed by atoms with Crippen molar-refractivity contribution in [3.05, 3.63) is 58.6 Å². The highest BCUT2D eigenvalue weighted by Crippen LogP contribution is 2.26. The molecule has 20 heavy (non-hydrogen) atoms. The van der Waals surface area contributed by atoms with E-state index >= 15 is 0 Å². The number of hydrogen-bond acceptors (Lipinski definition) is 2. The third-order valence-electron chi connectivity index (χ3n) is 3.02. The highest BCUT2D eigenvalue weighted by Gasteiger charge is 2.01. The normalized spacial score (nSPS) is 10.6. The summed E-state index contributed by atoms with van der Waals surface area (Å²) in [5, 5.41) is 4.15. The minimum absolute atomic E-state index is 0.759. The molecule has 2 aromatic carbocycles. The molecule has 1 N–H and O–H groups in total. The minimum atomic E-state index is 0.759. The van der Waals surface area contributed by atoms with Crippen molar-refractivity contribution < 1.29 is 4.74 Å². The van der Waals surface area contributed by atoms with E-state index in [1.807, 2.05) is 37.3 Å². The summed E-state index contributed by atoms with van der Waals surface area (Å²) < 4.78 is 5.87. The molecule has 2 rings (SSSR count). The molecule has 2 aromatic rings. The van der Waals surface area contributed by atoms with Gasteiger partial charge in [-0.1, -0.05) is 30.7 Å². The van der Waals surface area contributed by atoms with E-state index in [1.54, 1.807) is 0 Å². The molecule has 3 heteroatoms. The number of nitrogens with one attached hydrogen (secondary N) is 1. The second-order valence-corrected chi connectivity index (χ2v) is 5.24. The summed E-state index contributed by atoms with van der Waals surface area (Å²) >= 11 is 6.02. The maximum absolute atomic E-state index is 6.02. The summed E-state index contributed by atoms with van der Waals surface area (Å²) in [5.74, 6) is 1.66. The van der Waals surface area contributed by atoms with Crippen LogP contribution in [0.15, 0.2) is 42.5 Å². The molecule has 0 spiro atoms. The van der Waals surface area contributed by atoms with E-state index in [1.165, 1.54) is 5.56 Å². The molecule has 0 aliphatic rings.